The Bertz CT molecular complexity index is 424. The van der Waals surface area contributed by atoms with Crippen LogP contribution in [-0.2, 0) is 19.5 Å². The number of nitrogens with zero attached hydrogens (tertiary/aromatic N) is 3. The fourth-order valence-corrected chi connectivity index (χ4v) is 2.74. The molecular weight excluding hydrogens is 234 g/mol. The summed E-state index contributed by atoms with van der Waals surface area (Å²) in [5, 5.41) is 4.43. The third-order valence-electron chi connectivity index (χ3n) is 3.49. The molecule has 2 heterocycles. The van der Waals surface area contributed by atoms with E-state index in [2.05, 4.69) is 24.7 Å². The van der Waals surface area contributed by atoms with Gasteiger partial charge in [-0.15, -0.1) is 0 Å². The van der Waals surface area contributed by atoms with Gasteiger partial charge in [0.25, 0.3) is 0 Å². The molecule has 0 N–H and O–H groups in total. The fourth-order valence-electron chi connectivity index (χ4n) is 2.30. The van der Waals surface area contributed by atoms with Crippen LogP contribution in [-0.4, -0.2) is 20.1 Å². The molecule has 0 bridgehead atoms. The molecule has 96 valence electrons. The fraction of sp³-hybridized carbons (Fsp3) is 0.833. The molecule has 1 aromatic heterocycles. The highest BCUT2D eigenvalue weighted by Crippen LogP contribution is 2.11. The summed E-state index contributed by atoms with van der Waals surface area (Å²) >= 11 is 4.23. The normalized spacial score (nSPS) is 16.8. The van der Waals surface area contributed by atoms with Crippen molar-refractivity contribution in [3.63, 3.8) is 0 Å². The summed E-state index contributed by atoms with van der Waals surface area (Å²) < 4.78 is 3.49. The van der Waals surface area contributed by atoms with E-state index >= 15 is 0 Å². The first-order valence-electron chi connectivity index (χ1n) is 6.49. The zero-order valence-corrected chi connectivity index (χ0v) is 11.3. The van der Waals surface area contributed by atoms with E-state index in [1.165, 1.54) is 0 Å². The predicted molar refractivity (Wildman–Crippen MR) is 71.7 cm³/mol. The van der Waals surface area contributed by atoms with Crippen LogP contribution in [0.4, 0.5) is 0 Å². The lowest BCUT2D eigenvalue weighted by atomic mass is 10.1. The summed E-state index contributed by atoms with van der Waals surface area (Å²) in [4.78, 5) is 12.0. The summed E-state index contributed by atoms with van der Waals surface area (Å²) in [5.74, 6) is 2.50. The molecule has 1 aromatic rings. The Hall–Kier alpha value is -0.710. The molecule has 17 heavy (non-hydrogen) atoms. The van der Waals surface area contributed by atoms with Crippen LogP contribution in [0, 0.1) is 5.92 Å². The van der Waals surface area contributed by atoms with Gasteiger partial charge in [-0.25, -0.2) is 9.48 Å². The maximum absolute atomic E-state index is 12.0. The van der Waals surface area contributed by atoms with Crippen LogP contribution in [0.5, 0.6) is 0 Å². The number of fused-ring (bicyclic) bond motifs is 1. The highest BCUT2D eigenvalue weighted by atomic mass is 32.1. The molecule has 1 aliphatic rings. The van der Waals surface area contributed by atoms with Crippen molar-refractivity contribution in [3.8, 4) is 0 Å². The van der Waals surface area contributed by atoms with Crippen LogP contribution in [0.3, 0.4) is 0 Å². The highest BCUT2D eigenvalue weighted by Gasteiger charge is 2.16. The summed E-state index contributed by atoms with van der Waals surface area (Å²) in [6, 6.07) is 0. The van der Waals surface area contributed by atoms with Crippen molar-refractivity contribution in [1.29, 1.82) is 0 Å². The molecule has 1 atom stereocenters. The number of hydrogen-bond donors (Lipinski definition) is 1. The Labute approximate surface area is 107 Å². The van der Waals surface area contributed by atoms with Crippen molar-refractivity contribution in [3.05, 3.63) is 16.3 Å². The monoisotopic (exact) mass is 255 g/mol. The van der Waals surface area contributed by atoms with Crippen molar-refractivity contribution >= 4 is 12.6 Å². The average Bonchev–Trinajstić information content (AvgIpc) is 2.65. The molecule has 0 amide bonds. The molecule has 1 unspecified atom stereocenters. The molecule has 0 aromatic carbocycles. The summed E-state index contributed by atoms with van der Waals surface area (Å²) in [6.45, 7) is 3.80. The van der Waals surface area contributed by atoms with E-state index in [0.29, 0.717) is 5.92 Å². The lowest BCUT2D eigenvalue weighted by Gasteiger charge is -2.09. The van der Waals surface area contributed by atoms with Gasteiger partial charge in [0.2, 0.25) is 0 Å². The lowest BCUT2D eigenvalue weighted by Crippen LogP contribution is -2.27. The van der Waals surface area contributed by atoms with Crippen LogP contribution >= 0.6 is 12.6 Å². The zero-order chi connectivity index (χ0) is 12.3. The summed E-state index contributed by atoms with van der Waals surface area (Å²) in [7, 11) is 0. The van der Waals surface area contributed by atoms with Crippen molar-refractivity contribution in [2.45, 2.75) is 52.1 Å². The van der Waals surface area contributed by atoms with Crippen LogP contribution in [0.2, 0.25) is 0 Å². The second kappa shape index (κ2) is 5.76. The highest BCUT2D eigenvalue weighted by molar-refractivity contribution is 7.80. The Morgan fingerprint density at radius 2 is 2.24 bits per heavy atom. The van der Waals surface area contributed by atoms with E-state index in [1.54, 1.807) is 4.68 Å². The maximum atomic E-state index is 12.0. The van der Waals surface area contributed by atoms with E-state index in [0.717, 1.165) is 56.8 Å². The first kappa shape index (κ1) is 12.7. The van der Waals surface area contributed by atoms with Gasteiger partial charge < -0.3 is 0 Å². The van der Waals surface area contributed by atoms with Gasteiger partial charge >= 0.3 is 5.69 Å². The van der Waals surface area contributed by atoms with Gasteiger partial charge in [0.05, 0.1) is 0 Å². The standard InChI is InChI=1S/C12H21N3OS/c1-10(6-9-17)5-8-15-12(16)14-7-3-2-4-11(14)13-15/h10,17H,2-9H2,1H3. The number of hydrogen-bond acceptors (Lipinski definition) is 3. The van der Waals surface area contributed by atoms with Gasteiger partial charge in [0, 0.05) is 19.5 Å². The first-order chi connectivity index (χ1) is 8.22. The molecule has 0 aliphatic carbocycles. The van der Waals surface area contributed by atoms with Crippen LogP contribution in [0.25, 0.3) is 0 Å². The van der Waals surface area contributed by atoms with Gasteiger partial charge in [-0.05, 0) is 37.4 Å². The maximum Gasteiger partial charge on any atom is 0.345 e. The molecule has 0 spiro atoms. The van der Waals surface area contributed by atoms with Gasteiger partial charge in [-0.1, -0.05) is 6.92 Å². The van der Waals surface area contributed by atoms with Crippen molar-refractivity contribution in [2.75, 3.05) is 5.75 Å². The van der Waals surface area contributed by atoms with E-state index < -0.39 is 0 Å². The minimum Gasteiger partial charge on any atom is -0.279 e. The quantitative estimate of drug-likeness (QED) is 0.814. The number of thiol groups is 1. The Morgan fingerprint density at radius 3 is 2.94 bits per heavy atom. The van der Waals surface area contributed by atoms with Crippen molar-refractivity contribution in [2.24, 2.45) is 5.92 Å². The average molecular weight is 255 g/mol. The van der Waals surface area contributed by atoms with Crippen molar-refractivity contribution < 1.29 is 0 Å². The van der Waals surface area contributed by atoms with E-state index in [-0.39, 0.29) is 5.69 Å². The van der Waals surface area contributed by atoms with Gasteiger partial charge in [0.15, 0.2) is 0 Å². The molecule has 0 radical (unpaired) electrons. The van der Waals surface area contributed by atoms with E-state index in [9.17, 15) is 4.79 Å². The van der Waals surface area contributed by atoms with Gasteiger partial charge in [0.1, 0.15) is 5.82 Å². The first-order valence-corrected chi connectivity index (χ1v) is 7.13. The largest absolute Gasteiger partial charge is 0.345 e. The zero-order valence-electron chi connectivity index (χ0n) is 10.4. The molecule has 2 rings (SSSR count). The summed E-state index contributed by atoms with van der Waals surface area (Å²) in [6.07, 6.45) is 5.33. The summed E-state index contributed by atoms with van der Waals surface area (Å²) in [5.41, 5.74) is 0.0813. The third-order valence-corrected chi connectivity index (χ3v) is 3.75. The SMILES string of the molecule is CC(CCS)CCn1nc2n(c1=O)CCCC2. The van der Waals surface area contributed by atoms with E-state index in [4.69, 9.17) is 0 Å². The smallest absolute Gasteiger partial charge is 0.279 e. The minimum absolute atomic E-state index is 0.0813. The molecule has 1 aliphatic heterocycles. The van der Waals surface area contributed by atoms with Gasteiger partial charge in [-0.2, -0.15) is 17.7 Å². The predicted octanol–water partition coefficient (Wildman–Crippen LogP) is 1.73. The Morgan fingerprint density at radius 1 is 1.41 bits per heavy atom. The third kappa shape index (κ3) is 2.94. The molecule has 0 saturated heterocycles. The number of aromatic nitrogens is 3. The second-order valence-electron chi connectivity index (χ2n) is 4.94. The number of aryl methyl sites for hydroxylation is 2. The molecule has 0 saturated carbocycles. The molecular formula is C12H21N3OS. The topological polar surface area (TPSA) is 39.8 Å². The lowest BCUT2D eigenvalue weighted by molar-refractivity contribution is 0.441. The van der Waals surface area contributed by atoms with Crippen molar-refractivity contribution in [1.82, 2.24) is 14.3 Å². The molecule has 0 fully saturated rings. The van der Waals surface area contributed by atoms with Crippen LogP contribution in [0.15, 0.2) is 4.79 Å². The number of rotatable bonds is 5. The van der Waals surface area contributed by atoms with E-state index in [1.807, 2.05) is 4.57 Å². The Balaban J connectivity index is 2.02. The van der Waals surface area contributed by atoms with Crippen LogP contribution in [0.1, 0.15) is 38.4 Å². The minimum atomic E-state index is 0.0813. The second-order valence-corrected chi connectivity index (χ2v) is 5.38. The van der Waals surface area contributed by atoms with Gasteiger partial charge in [-0.3, -0.25) is 4.57 Å². The molecule has 5 heteroatoms. The van der Waals surface area contributed by atoms with Crippen LogP contribution < -0.4 is 5.69 Å². The Kier molecular flexibility index (Phi) is 4.31. The molecule has 4 nitrogen and oxygen atoms in total.